The molecule has 1 N–H and O–H groups in total. The Morgan fingerprint density at radius 2 is 1.23 bits per heavy atom. The predicted octanol–water partition coefficient (Wildman–Crippen LogP) is 5.64. The van der Waals surface area contributed by atoms with Crippen molar-refractivity contribution in [1.82, 2.24) is 4.90 Å². The Hall–Kier alpha value is -0.610. The second kappa shape index (κ2) is 16.6. The van der Waals surface area contributed by atoms with Crippen molar-refractivity contribution in [3.05, 3.63) is 0 Å². The van der Waals surface area contributed by atoms with E-state index in [4.69, 9.17) is 4.74 Å². The highest BCUT2D eigenvalue weighted by Gasteiger charge is 2.26. The van der Waals surface area contributed by atoms with Crippen LogP contribution in [0.3, 0.4) is 0 Å². The van der Waals surface area contributed by atoms with Crippen molar-refractivity contribution in [3.8, 4) is 0 Å². The minimum atomic E-state index is -0.665. The Bertz CT molecular complexity index is 329. The molecule has 0 saturated carbocycles. The van der Waals surface area contributed by atoms with Crippen LogP contribution in [0.15, 0.2) is 0 Å². The fourth-order valence-corrected chi connectivity index (χ4v) is 3.88. The molecule has 0 aromatic heterocycles. The van der Waals surface area contributed by atoms with Gasteiger partial charge in [0.1, 0.15) is 6.04 Å². The zero-order chi connectivity index (χ0) is 18.9. The smallest absolute Gasteiger partial charge is 0.320 e. The van der Waals surface area contributed by atoms with Crippen molar-refractivity contribution >= 4 is 5.97 Å². The molecule has 0 spiro atoms. The molecule has 154 valence electrons. The summed E-state index contributed by atoms with van der Waals surface area (Å²) in [5.41, 5.74) is 0. The van der Waals surface area contributed by atoms with Crippen molar-refractivity contribution in [3.63, 3.8) is 0 Å². The summed E-state index contributed by atoms with van der Waals surface area (Å²) in [7, 11) is 0. The van der Waals surface area contributed by atoms with Crippen LogP contribution in [0.5, 0.6) is 0 Å². The van der Waals surface area contributed by atoms with Crippen LogP contribution in [-0.4, -0.2) is 48.3 Å². The van der Waals surface area contributed by atoms with E-state index in [2.05, 4.69) is 11.8 Å². The van der Waals surface area contributed by atoms with Gasteiger partial charge in [0, 0.05) is 13.1 Å². The van der Waals surface area contributed by atoms with Gasteiger partial charge in [-0.05, 0) is 6.42 Å². The van der Waals surface area contributed by atoms with Crippen molar-refractivity contribution in [1.29, 1.82) is 0 Å². The number of hydrogen-bond donors (Lipinski definition) is 1. The van der Waals surface area contributed by atoms with Crippen molar-refractivity contribution in [2.75, 3.05) is 26.3 Å². The van der Waals surface area contributed by atoms with Crippen LogP contribution in [0, 0.1) is 0 Å². The fourth-order valence-electron chi connectivity index (χ4n) is 3.88. The first-order chi connectivity index (χ1) is 12.8. The number of unbranched alkanes of at least 4 members (excludes halogenated alkanes) is 13. The number of carbonyl (C=O) groups is 1. The van der Waals surface area contributed by atoms with E-state index in [-0.39, 0.29) is 6.04 Å². The number of aliphatic carboxylic acids is 1. The molecule has 1 heterocycles. The van der Waals surface area contributed by atoms with E-state index < -0.39 is 5.97 Å². The number of carboxylic acids is 1. The predicted molar refractivity (Wildman–Crippen MR) is 109 cm³/mol. The molecule has 1 fully saturated rings. The summed E-state index contributed by atoms with van der Waals surface area (Å²) < 4.78 is 5.32. The number of carboxylic acid groups (broad SMARTS) is 1. The lowest BCUT2D eigenvalue weighted by Crippen LogP contribution is -2.47. The number of nitrogens with zero attached hydrogens (tertiary/aromatic N) is 1. The topological polar surface area (TPSA) is 49.8 Å². The van der Waals surface area contributed by atoms with E-state index in [0.717, 1.165) is 25.9 Å². The summed E-state index contributed by atoms with van der Waals surface area (Å²) in [5.74, 6) is -0.665. The molecule has 0 aromatic carbocycles. The molecule has 0 aromatic rings. The Labute approximate surface area is 161 Å². The molecule has 0 radical (unpaired) electrons. The largest absolute Gasteiger partial charge is 0.480 e. The van der Waals surface area contributed by atoms with Gasteiger partial charge in [-0.3, -0.25) is 9.69 Å². The Morgan fingerprint density at radius 3 is 1.65 bits per heavy atom. The average Bonchev–Trinajstić information content (AvgIpc) is 2.65. The maximum atomic E-state index is 11.5. The minimum absolute atomic E-state index is 0.309. The normalized spacial score (nSPS) is 16.7. The molecule has 1 saturated heterocycles. The highest BCUT2D eigenvalue weighted by molar-refractivity contribution is 5.73. The lowest BCUT2D eigenvalue weighted by Gasteiger charge is -2.31. The summed E-state index contributed by atoms with van der Waals surface area (Å²) in [5, 5.41) is 9.45. The Morgan fingerprint density at radius 1 is 0.808 bits per heavy atom. The maximum Gasteiger partial charge on any atom is 0.320 e. The van der Waals surface area contributed by atoms with Gasteiger partial charge in [-0.1, -0.05) is 96.8 Å². The Balaban J connectivity index is 1.88. The zero-order valence-electron chi connectivity index (χ0n) is 17.2. The zero-order valence-corrected chi connectivity index (χ0v) is 17.2. The van der Waals surface area contributed by atoms with Crippen LogP contribution >= 0.6 is 0 Å². The molecule has 0 bridgehead atoms. The third kappa shape index (κ3) is 11.9. The second-order valence-corrected chi connectivity index (χ2v) is 7.89. The number of ether oxygens (including phenoxy) is 1. The average molecular weight is 370 g/mol. The van der Waals surface area contributed by atoms with E-state index in [0.29, 0.717) is 13.2 Å². The molecule has 1 unspecified atom stereocenters. The van der Waals surface area contributed by atoms with Gasteiger partial charge in [0.05, 0.1) is 13.2 Å². The van der Waals surface area contributed by atoms with Gasteiger partial charge in [0.25, 0.3) is 0 Å². The standard InChI is InChI=1S/C22H43NO3/c1-2-3-4-5-6-7-8-9-10-11-12-13-14-15-16-21(22(24)25)23-17-19-26-20-18-23/h21H,2-20H2,1H3,(H,24,25). The van der Waals surface area contributed by atoms with Gasteiger partial charge in [-0.15, -0.1) is 0 Å². The molecule has 1 aliphatic rings. The second-order valence-electron chi connectivity index (χ2n) is 7.89. The maximum absolute atomic E-state index is 11.5. The third-order valence-electron chi connectivity index (χ3n) is 5.60. The van der Waals surface area contributed by atoms with E-state index >= 15 is 0 Å². The first-order valence-corrected chi connectivity index (χ1v) is 11.3. The highest BCUT2D eigenvalue weighted by Crippen LogP contribution is 2.16. The van der Waals surface area contributed by atoms with Gasteiger partial charge in [-0.2, -0.15) is 0 Å². The summed E-state index contributed by atoms with van der Waals surface area (Å²) in [6.45, 7) is 5.13. The molecular formula is C22H43NO3. The first kappa shape index (κ1) is 23.4. The van der Waals surface area contributed by atoms with Gasteiger partial charge in [0.15, 0.2) is 0 Å². The lowest BCUT2D eigenvalue weighted by molar-refractivity contribution is -0.145. The van der Waals surface area contributed by atoms with Crippen LogP contribution in [0.2, 0.25) is 0 Å². The van der Waals surface area contributed by atoms with Gasteiger partial charge < -0.3 is 9.84 Å². The molecular weight excluding hydrogens is 326 g/mol. The summed E-state index contributed by atoms with van der Waals surface area (Å²) in [6.07, 6.45) is 19.5. The molecule has 1 atom stereocenters. The van der Waals surface area contributed by atoms with Crippen LogP contribution in [0.25, 0.3) is 0 Å². The first-order valence-electron chi connectivity index (χ1n) is 11.3. The minimum Gasteiger partial charge on any atom is -0.480 e. The summed E-state index contributed by atoms with van der Waals surface area (Å²) in [4.78, 5) is 13.6. The van der Waals surface area contributed by atoms with Crippen molar-refractivity contribution in [2.45, 2.75) is 109 Å². The van der Waals surface area contributed by atoms with Crippen LogP contribution in [-0.2, 0) is 9.53 Å². The number of morpholine rings is 1. The molecule has 1 aliphatic heterocycles. The highest BCUT2D eigenvalue weighted by atomic mass is 16.5. The Kier molecular flexibility index (Phi) is 14.9. The summed E-state index contributed by atoms with van der Waals surface area (Å²) in [6, 6.07) is -0.309. The van der Waals surface area contributed by atoms with E-state index in [1.54, 1.807) is 0 Å². The molecule has 4 heteroatoms. The molecule has 4 nitrogen and oxygen atoms in total. The van der Waals surface area contributed by atoms with E-state index in [1.807, 2.05) is 0 Å². The van der Waals surface area contributed by atoms with Crippen LogP contribution < -0.4 is 0 Å². The van der Waals surface area contributed by atoms with Crippen LogP contribution in [0.4, 0.5) is 0 Å². The van der Waals surface area contributed by atoms with Gasteiger partial charge in [0.2, 0.25) is 0 Å². The molecule has 0 aliphatic carbocycles. The van der Waals surface area contributed by atoms with Crippen LogP contribution in [0.1, 0.15) is 103 Å². The van der Waals surface area contributed by atoms with E-state index in [9.17, 15) is 9.90 Å². The van der Waals surface area contributed by atoms with Crippen molar-refractivity contribution < 1.29 is 14.6 Å². The molecule has 26 heavy (non-hydrogen) atoms. The fraction of sp³-hybridized carbons (Fsp3) is 0.955. The summed E-state index contributed by atoms with van der Waals surface area (Å²) >= 11 is 0. The SMILES string of the molecule is CCCCCCCCCCCCCCCCC(C(=O)O)N1CCOCC1. The van der Waals surface area contributed by atoms with Crippen molar-refractivity contribution in [2.24, 2.45) is 0 Å². The third-order valence-corrected chi connectivity index (χ3v) is 5.60. The number of rotatable bonds is 17. The molecule has 0 amide bonds. The van der Waals surface area contributed by atoms with Gasteiger partial charge in [-0.25, -0.2) is 0 Å². The molecule has 1 rings (SSSR count). The van der Waals surface area contributed by atoms with E-state index in [1.165, 1.54) is 83.5 Å². The van der Waals surface area contributed by atoms with Gasteiger partial charge >= 0.3 is 5.97 Å². The number of hydrogen-bond acceptors (Lipinski definition) is 3. The monoisotopic (exact) mass is 369 g/mol. The quantitative estimate of drug-likeness (QED) is 0.337. The lowest BCUT2D eigenvalue weighted by atomic mass is 10.0.